The van der Waals surface area contributed by atoms with Gasteiger partial charge in [-0.25, -0.2) is 0 Å². The summed E-state index contributed by atoms with van der Waals surface area (Å²) in [6, 6.07) is 6.75. The first-order valence-corrected chi connectivity index (χ1v) is 7.16. The number of hydrogen-bond donors (Lipinski definition) is 1. The van der Waals surface area contributed by atoms with Crippen molar-refractivity contribution in [2.75, 3.05) is 13.2 Å². The lowest BCUT2D eigenvalue weighted by molar-refractivity contribution is 0.304. The molecule has 2 nitrogen and oxygen atoms in total. The van der Waals surface area contributed by atoms with Gasteiger partial charge in [-0.15, -0.1) is 0 Å². The quantitative estimate of drug-likeness (QED) is 0.791. The van der Waals surface area contributed by atoms with Crippen molar-refractivity contribution in [2.45, 2.75) is 25.3 Å². The monoisotopic (exact) mass is 347 g/mol. The van der Waals surface area contributed by atoms with Gasteiger partial charge in [0.1, 0.15) is 5.75 Å². The first kappa shape index (κ1) is 12.4. The third-order valence-electron chi connectivity index (χ3n) is 2.50. The summed E-state index contributed by atoms with van der Waals surface area (Å²) in [7, 11) is 0. The van der Waals surface area contributed by atoms with Crippen molar-refractivity contribution in [3.63, 3.8) is 0 Å². The Labute approximate surface area is 113 Å². The molecule has 0 spiro atoms. The minimum atomic E-state index is 0.751. The summed E-state index contributed by atoms with van der Waals surface area (Å²) >= 11 is 6.96. The molecule has 1 aromatic carbocycles. The number of hydrogen-bond acceptors (Lipinski definition) is 2. The molecule has 1 aromatic rings. The molecule has 0 heterocycles. The normalized spacial score (nSPS) is 15.1. The van der Waals surface area contributed by atoms with Crippen LogP contribution in [0.15, 0.2) is 27.1 Å². The van der Waals surface area contributed by atoms with Gasteiger partial charge in [0.2, 0.25) is 0 Å². The highest BCUT2D eigenvalue weighted by atomic mass is 79.9. The SMILES string of the molecule is Brc1cccc(Br)c1OCCCNC1CC1. The Morgan fingerprint density at radius 2 is 1.94 bits per heavy atom. The molecule has 0 aromatic heterocycles. The Balaban J connectivity index is 1.71. The zero-order chi connectivity index (χ0) is 11.4. The van der Waals surface area contributed by atoms with Crippen LogP contribution in [0, 0.1) is 0 Å². The third kappa shape index (κ3) is 3.75. The minimum Gasteiger partial charge on any atom is -0.491 e. The molecule has 1 aliphatic carbocycles. The number of benzene rings is 1. The first-order chi connectivity index (χ1) is 7.77. The molecule has 88 valence electrons. The van der Waals surface area contributed by atoms with E-state index in [1.54, 1.807) is 0 Å². The lowest BCUT2D eigenvalue weighted by Gasteiger charge is -2.10. The second-order valence-electron chi connectivity index (χ2n) is 3.98. The van der Waals surface area contributed by atoms with Crippen molar-refractivity contribution in [1.82, 2.24) is 5.32 Å². The molecule has 1 aliphatic rings. The van der Waals surface area contributed by atoms with E-state index in [1.165, 1.54) is 12.8 Å². The molecule has 0 amide bonds. The van der Waals surface area contributed by atoms with E-state index in [0.29, 0.717) is 0 Å². The number of rotatable bonds is 6. The fourth-order valence-electron chi connectivity index (χ4n) is 1.46. The molecule has 4 heteroatoms. The highest BCUT2D eigenvalue weighted by Crippen LogP contribution is 2.32. The average Bonchev–Trinajstić information content (AvgIpc) is 3.05. The maximum Gasteiger partial charge on any atom is 0.147 e. The molecule has 0 atom stereocenters. The summed E-state index contributed by atoms with van der Waals surface area (Å²) in [5.41, 5.74) is 0. The van der Waals surface area contributed by atoms with Crippen molar-refractivity contribution in [3.05, 3.63) is 27.1 Å². The Hall–Kier alpha value is -0.0600. The van der Waals surface area contributed by atoms with Crippen LogP contribution in [-0.4, -0.2) is 19.2 Å². The highest BCUT2D eigenvalue weighted by Gasteiger charge is 2.19. The van der Waals surface area contributed by atoms with E-state index in [-0.39, 0.29) is 0 Å². The van der Waals surface area contributed by atoms with E-state index < -0.39 is 0 Å². The van der Waals surface area contributed by atoms with Gasteiger partial charge >= 0.3 is 0 Å². The molecule has 1 N–H and O–H groups in total. The standard InChI is InChI=1S/C12H15Br2NO/c13-10-3-1-4-11(14)12(10)16-8-2-7-15-9-5-6-9/h1,3-4,9,15H,2,5-8H2. The maximum absolute atomic E-state index is 5.74. The van der Waals surface area contributed by atoms with Crippen molar-refractivity contribution in [3.8, 4) is 5.75 Å². The highest BCUT2D eigenvalue weighted by molar-refractivity contribution is 9.11. The molecule has 0 unspecified atom stereocenters. The van der Waals surface area contributed by atoms with Crippen molar-refractivity contribution in [2.24, 2.45) is 0 Å². The molecule has 1 saturated carbocycles. The summed E-state index contributed by atoms with van der Waals surface area (Å²) in [5, 5.41) is 3.47. The van der Waals surface area contributed by atoms with E-state index >= 15 is 0 Å². The maximum atomic E-state index is 5.74. The predicted molar refractivity (Wildman–Crippen MR) is 73.0 cm³/mol. The Morgan fingerprint density at radius 3 is 2.56 bits per heavy atom. The van der Waals surface area contributed by atoms with Crippen molar-refractivity contribution in [1.29, 1.82) is 0 Å². The van der Waals surface area contributed by atoms with Crippen LogP contribution in [0.4, 0.5) is 0 Å². The zero-order valence-corrected chi connectivity index (χ0v) is 12.2. The first-order valence-electron chi connectivity index (χ1n) is 5.57. The molecule has 0 bridgehead atoms. The van der Waals surface area contributed by atoms with E-state index in [1.807, 2.05) is 18.2 Å². The van der Waals surface area contributed by atoms with Gasteiger partial charge in [-0.3, -0.25) is 0 Å². The Morgan fingerprint density at radius 1 is 1.25 bits per heavy atom. The summed E-state index contributed by atoms with van der Waals surface area (Å²) in [4.78, 5) is 0. The van der Waals surface area contributed by atoms with Crippen LogP contribution in [0.25, 0.3) is 0 Å². The largest absolute Gasteiger partial charge is 0.491 e. The molecule has 16 heavy (non-hydrogen) atoms. The topological polar surface area (TPSA) is 21.3 Å². The van der Waals surface area contributed by atoms with Crippen LogP contribution < -0.4 is 10.1 Å². The minimum absolute atomic E-state index is 0.751. The van der Waals surface area contributed by atoms with Crippen LogP contribution in [0.1, 0.15) is 19.3 Å². The van der Waals surface area contributed by atoms with E-state index in [9.17, 15) is 0 Å². The van der Waals surface area contributed by atoms with Gasteiger partial charge in [0.15, 0.2) is 0 Å². The molecule has 0 radical (unpaired) electrons. The number of para-hydroxylation sites is 1. The van der Waals surface area contributed by atoms with E-state index in [2.05, 4.69) is 37.2 Å². The van der Waals surface area contributed by atoms with E-state index in [4.69, 9.17) is 4.74 Å². The van der Waals surface area contributed by atoms with Crippen LogP contribution >= 0.6 is 31.9 Å². The average molecular weight is 349 g/mol. The smallest absolute Gasteiger partial charge is 0.147 e. The Bertz CT molecular complexity index is 333. The van der Waals surface area contributed by atoms with Crippen LogP contribution in [0.2, 0.25) is 0 Å². The van der Waals surface area contributed by atoms with Crippen LogP contribution in [-0.2, 0) is 0 Å². The summed E-state index contributed by atoms with van der Waals surface area (Å²) < 4.78 is 7.73. The fraction of sp³-hybridized carbons (Fsp3) is 0.500. The van der Waals surface area contributed by atoms with Crippen molar-refractivity contribution < 1.29 is 4.74 Å². The van der Waals surface area contributed by atoms with Crippen molar-refractivity contribution >= 4 is 31.9 Å². The molecular weight excluding hydrogens is 334 g/mol. The zero-order valence-electron chi connectivity index (χ0n) is 9.01. The lowest BCUT2D eigenvalue weighted by atomic mass is 10.3. The molecule has 0 saturated heterocycles. The molecule has 0 aliphatic heterocycles. The lowest BCUT2D eigenvalue weighted by Crippen LogP contribution is -2.19. The molecule has 1 fully saturated rings. The van der Waals surface area contributed by atoms with Gasteiger partial charge in [-0.2, -0.15) is 0 Å². The van der Waals surface area contributed by atoms with Gasteiger partial charge in [-0.05, 0) is 69.8 Å². The van der Waals surface area contributed by atoms with Crippen LogP contribution in [0.3, 0.4) is 0 Å². The summed E-state index contributed by atoms with van der Waals surface area (Å²) in [6.07, 6.45) is 3.73. The predicted octanol–water partition coefficient (Wildman–Crippen LogP) is 3.73. The number of nitrogens with one attached hydrogen (secondary N) is 1. The number of halogens is 2. The van der Waals surface area contributed by atoms with Gasteiger partial charge < -0.3 is 10.1 Å². The van der Waals surface area contributed by atoms with Gasteiger partial charge in [0, 0.05) is 6.04 Å². The van der Waals surface area contributed by atoms with Crippen LogP contribution in [0.5, 0.6) is 5.75 Å². The summed E-state index contributed by atoms with van der Waals surface area (Å²) in [6.45, 7) is 1.80. The second-order valence-corrected chi connectivity index (χ2v) is 5.69. The van der Waals surface area contributed by atoms with E-state index in [0.717, 1.165) is 40.3 Å². The third-order valence-corrected chi connectivity index (χ3v) is 3.75. The van der Waals surface area contributed by atoms with Gasteiger partial charge in [0.25, 0.3) is 0 Å². The Kier molecular flexibility index (Phi) is 4.67. The number of ether oxygens (including phenoxy) is 1. The molecular formula is C12H15Br2NO. The summed E-state index contributed by atoms with van der Waals surface area (Å²) in [5.74, 6) is 0.897. The molecule has 2 rings (SSSR count). The van der Waals surface area contributed by atoms with Gasteiger partial charge in [-0.1, -0.05) is 6.07 Å². The second kappa shape index (κ2) is 6.03. The fourth-order valence-corrected chi connectivity index (χ4v) is 2.69. The van der Waals surface area contributed by atoms with Gasteiger partial charge in [0.05, 0.1) is 15.6 Å².